The number of ether oxygens (including phenoxy) is 3. The van der Waals surface area contributed by atoms with Gasteiger partial charge in [-0.15, -0.1) is 4.40 Å². The Bertz CT molecular complexity index is 1190. The third-order valence-corrected chi connectivity index (χ3v) is 6.47. The molecule has 29 heavy (non-hydrogen) atoms. The molecule has 0 aliphatic carbocycles. The van der Waals surface area contributed by atoms with Gasteiger partial charge in [-0.1, -0.05) is 11.3 Å². The minimum atomic E-state index is -4.00. The number of aromatic nitrogens is 1. The quantitative estimate of drug-likeness (QED) is 0.528. The first kappa shape index (κ1) is 20.9. The molecule has 0 aliphatic heterocycles. The Labute approximate surface area is 172 Å². The highest BCUT2D eigenvalue weighted by molar-refractivity contribution is 7.90. The van der Waals surface area contributed by atoms with Crippen LogP contribution in [0.4, 0.5) is 0 Å². The number of fused-ring (bicyclic) bond motifs is 1. The van der Waals surface area contributed by atoms with E-state index < -0.39 is 16.0 Å². The molecule has 3 aromatic rings. The van der Waals surface area contributed by atoms with Crippen molar-refractivity contribution in [3.63, 3.8) is 0 Å². The van der Waals surface area contributed by atoms with Crippen LogP contribution in [0.1, 0.15) is 6.92 Å². The van der Waals surface area contributed by atoms with E-state index in [4.69, 9.17) is 14.2 Å². The van der Waals surface area contributed by atoms with Crippen LogP contribution in [0.2, 0.25) is 0 Å². The van der Waals surface area contributed by atoms with Crippen LogP contribution in [0.25, 0.3) is 10.2 Å². The average molecular weight is 437 g/mol. The van der Waals surface area contributed by atoms with E-state index in [0.29, 0.717) is 23.6 Å². The smallest absolute Gasteiger partial charge is 0.325 e. The van der Waals surface area contributed by atoms with Crippen molar-refractivity contribution < 1.29 is 27.4 Å². The summed E-state index contributed by atoms with van der Waals surface area (Å²) in [6, 6.07) is 11.2. The molecule has 0 spiro atoms. The van der Waals surface area contributed by atoms with E-state index in [1.54, 1.807) is 30.3 Å². The second-order valence-electron chi connectivity index (χ2n) is 5.85. The predicted octanol–water partition coefficient (Wildman–Crippen LogP) is 2.57. The Morgan fingerprint density at radius 1 is 1.10 bits per heavy atom. The summed E-state index contributed by atoms with van der Waals surface area (Å²) in [7, 11) is -1.22. The van der Waals surface area contributed by atoms with Gasteiger partial charge < -0.3 is 18.8 Å². The number of carbonyl (C=O) groups is 1. The van der Waals surface area contributed by atoms with Crippen molar-refractivity contribution in [3.8, 4) is 11.5 Å². The third kappa shape index (κ3) is 4.60. The molecule has 8 nitrogen and oxygen atoms in total. The fourth-order valence-corrected chi connectivity index (χ4v) is 4.89. The lowest BCUT2D eigenvalue weighted by atomic mass is 10.3. The molecule has 154 valence electrons. The van der Waals surface area contributed by atoms with Gasteiger partial charge in [0.05, 0.1) is 35.9 Å². The number of esters is 1. The summed E-state index contributed by atoms with van der Waals surface area (Å²) >= 11 is 1.15. The number of carbonyl (C=O) groups excluding carboxylic acids is 1. The molecule has 1 aromatic heterocycles. The highest BCUT2D eigenvalue weighted by atomic mass is 32.2. The fraction of sp³-hybridized carbons (Fsp3) is 0.263. The van der Waals surface area contributed by atoms with Crippen LogP contribution in [0, 0.1) is 0 Å². The lowest BCUT2D eigenvalue weighted by molar-refractivity contribution is -0.141. The van der Waals surface area contributed by atoms with Crippen LogP contribution in [0.15, 0.2) is 51.8 Å². The molecule has 0 N–H and O–H groups in total. The van der Waals surface area contributed by atoms with Gasteiger partial charge in [-0.2, -0.15) is 8.42 Å². The summed E-state index contributed by atoms with van der Waals surface area (Å²) in [4.78, 5) is 12.1. The van der Waals surface area contributed by atoms with Gasteiger partial charge in [0, 0.05) is 0 Å². The summed E-state index contributed by atoms with van der Waals surface area (Å²) in [5.41, 5.74) is 0.660. The molecule has 0 fully saturated rings. The summed E-state index contributed by atoms with van der Waals surface area (Å²) in [5, 5.41) is 0. The lowest BCUT2D eigenvalue weighted by Gasteiger charge is -2.05. The molecule has 0 saturated heterocycles. The number of sulfonamides is 1. The van der Waals surface area contributed by atoms with Gasteiger partial charge in [0.25, 0.3) is 10.0 Å². The van der Waals surface area contributed by atoms with E-state index in [9.17, 15) is 13.2 Å². The van der Waals surface area contributed by atoms with Crippen LogP contribution in [0.3, 0.4) is 0 Å². The van der Waals surface area contributed by atoms with Crippen molar-refractivity contribution in [2.75, 3.05) is 20.8 Å². The van der Waals surface area contributed by atoms with Crippen LogP contribution in [-0.2, 0) is 26.1 Å². The van der Waals surface area contributed by atoms with E-state index in [2.05, 4.69) is 4.40 Å². The van der Waals surface area contributed by atoms with Crippen molar-refractivity contribution in [3.05, 3.63) is 47.3 Å². The van der Waals surface area contributed by atoms with Gasteiger partial charge in [0.15, 0.2) is 0 Å². The first-order valence-corrected chi connectivity index (χ1v) is 10.9. The first-order chi connectivity index (χ1) is 13.9. The molecule has 2 aromatic carbocycles. The van der Waals surface area contributed by atoms with Crippen LogP contribution < -0.4 is 14.3 Å². The maximum absolute atomic E-state index is 12.8. The highest BCUT2D eigenvalue weighted by Gasteiger charge is 2.17. The maximum atomic E-state index is 12.8. The SMILES string of the molecule is CCOc1ccc2c(c1)s/c(=N\S(=O)(=O)c1ccc(OC)cc1)n2CC(=O)OC. The van der Waals surface area contributed by atoms with E-state index >= 15 is 0 Å². The molecule has 0 amide bonds. The zero-order chi connectivity index (χ0) is 21.0. The number of thiazole rings is 1. The first-order valence-electron chi connectivity index (χ1n) is 8.66. The molecule has 3 rings (SSSR count). The molecule has 10 heteroatoms. The second kappa shape index (κ2) is 8.66. The fourth-order valence-electron chi connectivity index (χ4n) is 2.63. The van der Waals surface area contributed by atoms with Crippen LogP contribution >= 0.6 is 11.3 Å². The minimum absolute atomic E-state index is 0.0235. The van der Waals surface area contributed by atoms with Gasteiger partial charge >= 0.3 is 5.97 Å². The minimum Gasteiger partial charge on any atom is -0.497 e. The van der Waals surface area contributed by atoms with Crippen molar-refractivity contribution in [1.82, 2.24) is 4.57 Å². The number of hydrogen-bond acceptors (Lipinski definition) is 7. The summed E-state index contributed by atoms with van der Waals surface area (Å²) in [5.74, 6) is 0.674. The number of rotatable bonds is 7. The Balaban J connectivity index is 2.16. The molecule has 0 radical (unpaired) electrons. The summed E-state index contributed by atoms with van der Waals surface area (Å²) < 4.78 is 47.1. The molecule has 0 saturated carbocycles. The zero-order valence-corrected chi connectivity index (χ0v) is 17.7. The molecule has 0 unspecified atom stereocenters. The van der Waals surface area contributed by atoms with Crippen molar-refractivity contribution >= 4 is 37.5 Å². The molecule has 0 atom stereocenters. The summed E-state index contributed by atoms with van der Waals surface area (Å²) in [6.07, 6.45) is 0. The van der Waals surface area contributed by atoms with Crippen molar-refractivity contribution in [2.45, 2.75) is 18.4 Å². The zero-order valence-electron chi connectivity index (χ0n) is 16.1. The number of nitrogens with zero attached hydrogens (tertiary/aromatic N) is 2. The molecule has 1 heterocycles. The van der Waals surface area contributed by atoms with Gasteiger partial charge in [0.2, 0.25) is 4.80 Å². The average Bonchev–Trinajstić information content (AvgIpc) is 3.03. The Morgan fingerprint density at radius 2 is 1.79 bits per heavy atom. The Hall–Kier alpha value is -2.85. The molecule has 0 bridgehead atoms. The summed E-state index contributed by atoms with van der Waals surface area (Å²) in [6.45, 7) is 2.21. The maximum Gasteiger partial charge on any atom is 0.325 e. The molecular weight excluding hydrogens is 416 g/mol. The van der Waals surface area contributed by atoms with E-state index in [0.717, 1.165) is 16.0 Å². The standard InChI is InChI=1S/C19H20N2O6S2/c1-4-27-14-7-10-16-17(11-14)28-19(21(16)12-18(22)26-3)20-29(23,24)15-8-5-13(25-2)6-9-15/h5-11H,4,12H2,1-3H3/b20-19-. The number of hydrogen-bond donors (Lipinski definition) is 0. The van der Waals surface area contributed by atoms with Crippen LogP contribution in [0.5, 0.6) is 11.5 Å². The van der Waals surface area contributed by atoms with Crippen molar-refractivity contribution in [2.24, 2.45) is 4.40 Å². The van der Waals surface area contributed by atoms with Crippen molar-refractivity contribution in [1.29, 1.82) is 0 Å². The Morgan fingerprint density at radius 3 is 2.41 bits per heavy atom. The molecule has 0 aliphatic rings. The van der Waals surface area contributed by atoms with Gasteiger partial charge in [-0.3, -0.25) is 4.79 Å². The van der Waals surface area contributed by atoms with Gasteiger partial charge in [0.1, 0.15) is 18.0 Å². The number of methoxy groups -OCH3 is 2. The topological polar surface area (TPSA) is 96.2 Å². The lowest BCUT2D eigenvalue weighted by Crippen LogP contribution is -2.22. The van der Waals surface area contributed by atoms with Gasteiger partial charge in [-0.25, -0.2) is 0 Å². The normalized spacial score (nSPS) is 12.2. The predicted molar refractivity (Wildman–Crippen MR) is 109 cm³/mol. The highest BCUT2D eigenvalue weighted by Crippen LogP contribution is 2.24. The van der Waals surface area contributed by atoms with E-state index in [1.807, 2.05) is 6.92 Å². The number of benzene rings is 2. The van der Waals surface area contributed by atoms with E-state index in [1.165, 1.54) is 30.9 Å². The monoisotopic (exact) mass is 436 g/mol. The second-order valence-corrected chi connectivity index (χ2v) is 8.46. The Kier molecular flexibility index (Phi) is 6.23. The largest absolute Gasteiger partial charge is 0.497 e. The van der Waals surface area contributed by atoms with Crippen LogP contribution in [-0.4, -0.2) is 39.8 Å². The van der Waals surface area contributed by atoms with Gasteiger partial charge in [-0.05, 0) is 49.4 Å². The van der Waals surface area contributed by atoms with E-state index in [-0.39, 0.29) is 16.2 Å². The third-order valence-electron chi connectivity index (χ3n) is 4.04. The molecular formula is C19H20N2O6S2.